The van der Waals surface area contributed by atoms with Crippen LogP contribution in [0.3, 0.4) is 0 Å². The maximum absolute atomic E-state index is 12.2. The maximum Gasteiger partial charge on any atom is 0.225 e. The molecule has 110 valence electrons. The third kappa shape index (κ3) is 2.55. The van der Waals surface area contributed by atoms with Gasteiger partial charge in [0.2, 0.25) is 5.91 Å². The van der Waals surface area contributed by atoms with Gasteiger partial charge in [0.25, 0.3) is 0 Å². The van der Waals surface area contributed by atoms with Crippen molar-refractivity contribution >= 4 is 17.4 Å². The number of carbonyl (C=O) groups excluding carboxylic acids is 1. The van der Waals surface area contributed by atoms with E-state index in [0.29, 0.717) is 6.04 Å². The minimum Gasteiger partial charge on any atom is -0.354 e. The lowest BCUT2D eigenvalue weighted by molar-refractivity contribution is -0.125. The van der Waals surface area contributed by atoms with E-state index in [1.54, 1.807) is 10.8 Å². The monoisotopic (exact) mass is 286 g/mol. The Hall–Kier alpha value is -2.18. The van der Waals surface area contributed by atoms with Crippen molar-refractivity contribution < 1.29 is 4.79 Å². The average molecular weight is 286 g/mol. The molecule has 1 amide bonds. The molecule has 2 aromatic rings. The predicted octanol–water partition coefficient (Wildman–Crippen LogP) is 0.619. The van der Waals surface area contributed by atoms with E-state index >= 15 is 0 Å². The van der Waals surface area contributed by atoms with E-state index in [-0.39, 0.29) is 11.8 Å². The zero-order chi connectivity index (χ0) is 14.2. The third-order valence-corrected chi connectivity index (χ3v) is 4.19. The Kier molecular flexibility index (Phi) is 2.98. The molecule has 1 N–H and O–H groups in total. The molecular weight excluding hydrogens is 268 g/mol. The van der Waals surface area contributed by atoms with Gasteiger partial charge in [0.1, 0.15) is 12.1 Å². The third-order valence-electron chi connectivity index (χ3n) is 4.19. The summed E-state index contributed by atoms with van der Waals surface area (Å²) in [5.74, 6) is 1.15. The molecule has 3 heterocycles. The normalized spacial score (nSPS) is 22.5. The van der Waals surface area contributed by atoms with Crippen molar-refractivity contribution in [3.63, 3.8) is 0 Å². The van der Waals surface area contributed by atoms with Crippen molar-refractivity contribution in [2.75, 3.05) is 18.0 Å². The first kappa shape index (κ1) is 12.6. The average Bonchev–Trinajstić information content (AvgIpc) is 3.20. The number of nitrogens with one attached hydrogen (secondary N) is 1. The second-order valence-corrected chi connectivity index (χ2v) is 5.89. The molecule has 2 fully saturated rings. The summed E-state index contributed by atoms with van der Waals surface area (Å²) in [6.07, 6.45) is 5.84. The summed E-state index contributed by atoms with van der Waals surface area (Å²) in [4.78, 5) is 14.4. The Bertz CT molecular complexity index is 664. The number of amides is 1. The molecule has 0 aromatic carbocycles. The van der Waals surface area contributed by atoms with E-state index in [1.165, 1.54) is 0 Å². The van der Waals surface area contributed by atoms with E-state index in [1.807, 2.05) is 12.1 Å². The van der Waals surface area contributed by atoms with E-state index < -0.39 is 0 Å². The van der Waals surface area contributed by atoms with Crippen LogP contribution in [0.15, 0.2) is 18.5 Å². The first-order valence-corrected chi connectivity index (χ1v) is 7.52. The minimum atomic E-state index is 0.0674. The number of piperidine rings is 1. The highest BCUT2D eigenvalue weighted by atomic mass is 16.2. The lowest BCUT2D eigenvalue weighted by atomic mass is 9.97. The number of rotatable bonds is 3. The fraction of sp³-hybridized carbons (Fsp3) is 0.571. The van der Waals surface area contributed by atoms with Crippen LogP contribution in [0.1, 0.15) is 25.7 Å². The molecular formula is C14H18N6O. The van der Waals surface area contributed by atoms with Crippen molar-refractivity contribution in [2.45, 2.75) is 31.7 Å². The number of hydrogen-bond acceptors (Lipinski definition) is 5. The van der Waals surface area contributed by atoms with Crippen LogP contribution in [0, 0.1) is 5.92 Å². The molecule has 4 rings (SSSR count). The van der Waals surface area contributed by atoms with Gasteiger partial charge in [-0.2, -0.15) is 4.52 Å². The van der Waals surface area contributed by atoms with Gasteiger partial charge in [-0.15, -0.1) is 15.3 Å². The first-order chi connectivity index (χ1) is 10.3. The van der Waals surface area contributed by atoms with Crippen molar-refractivity contribution in [3.8, 4) is 0 Å². The Balaban J connectivity index is 1.49. The molecule has 21 heavy (non-hydrogen) atoms. The van der Waals surface area contributed by atoms with Gasteiger partial charge in [-0.05, 0) is 37.8 Å². The Morgan fingerprint density at radius 2 is 2.19 bits per heavy atom. The molecule has 1 aliphatic heterocycles. The van der Waals surface area contributed by atoms with Gasteiger partial charge in [0.05, 0.1) is 5.92 Å². The largest absolute Gasteiger partial charge is 0.354 e. The van der Waals surface area contributed by atoms with Crippen LogP contribution >= 0.6 is 0 Å². The maximum atomic E-state index is 12.2. The summed E-state index contributed by atoms with van der Waals surface area (Å²) in [5, 5.41) is 15.4. The molecule has 1 atom stereocenters. The van der Waals surface area contributed by atoms with E-state index in [0.717, 1.165) is 50.2 Å². The van der Waals surface area contributed by atoms with Gasteiger partial charge in [-0.1, -0.05) is 0 Å². The summed E-state index contributed by atoms with van der Waals surface area (Å²) < 4.78 is 1.67. The molecule has 0 spiro atoms. The molecule has 1 saturated heterocycles. The van der Waals surface area contributed by atoms with Crippen molar-refractivity contribution in [3.05, 3.63) is 18.5 Å². The van der Waals surface area contributed by atoms with Crippen LogP contribution in [0.2, 0.25) is 0 Å². The SMILES string of the molecule is O=C(NC1CC1)[C@@H]1CCCN(c2ccc3nncn3n2)C1. The van der Waals surface area contributed by atoms with Crippen LogP contribution < -0.4 is 10.2 Å². The van der Waals surface area contributed by atoms with Crippen LogP contribution in [-0.2, 0) is 4.79 Å². The Labute approximate surface area is 122 Å². The molecule has 0 bridgehead atoms. The summed E-state index contributed by atoms with van der Waals surface area (Å²) in [7, 11) is 0. The molecule has 7 heteroatoms. The predicted molar refractivity (Wildman–Crippen MR) is 76.9 cm³/mol. The van der Waals surface area contributed by atoms with Crippen LogP contribution in [0.25, 0.3) is 5.65 Å². The number of anilines is 1. The minimum absolute atomic E-state index is 0.0674. The van der Waals surface area contributed by atoms with Crippen molar-refractivity contribution in [1.82, 2.24) is 25.1 Å². The molecule has 2 aliphatic rings. The van der Waals surface area contributed by atoms with E-state index in [4.69, 9.17) is 0 Å². The summed E-state index contributed by atoms with van der Waals surface area (Å²) in [6, 6.07) is 4.29. The lowest BCUT2D eigenvalue weighted by Crippen LogP contribution is -2.44. The van der Waals surface area contributed by atoms with Gasteiger partial charge >= 0.3 is 0 Å². The standard InChI is InChI=1S/C14H18N6O/c21-14(16-11-3-4-11)10-2-1-7-19(8-10)13-6-5-12-17-15-9-20(12)18-13/h5-6,9-11H,1-4,7-8H2,(H,16,21)/t10-/m1/s1. The van der Waals surface area contributed by atoms with Gasteiger partial charge in [0.15, 0.2) is 5.65 Å². The number of nitrogens with zero attached hydrogens (tertiary/aromatic N) is 5. The second-order valence-electron chi connectivity index (χ2n) is 5.89. The van der Waals surface area contributed by atoms with Crippen LogP contribution in [0.4, 0.5) is 5.82 Å². The number of carbonyl (C=O) groups is 1. The van der Waals surface area contributed by atoms with E-state index in [9.17, 15) is 4.79 Å². The lowest BCUT2D eigenvalue weighted by Gasteiger charge is -2.32. The van der Waals surface area contributed by atoms with Gasteiger partial charge in [-0.25, -0.2) is 0 Å². The summed E-state index contributed by atoms with van der Waals surface area (Å²) in [5.41, 5.74) is 0.735. The zero-order valence-corrected chi connectivity index (χ0v) is 11.8. The van der Waals surface area contributed by atoms with Crippen molar-refractivity contribution in [1.29, 1.82) is 0 Å². The van der Waals surface area contributed by atoms with Gasteiger partial charge in [-0.3, -0.25) is 4.79 Å². The van der Waals surface area contributed by atoms with Crippen LogP contribution in [-0.4, -0.2) is 44.8 Å². The number of fused-ring (bicyclic) bond motifs is 1. The Morgan fingerprint density at radius 1 is 1.29 bits per heavy atom. The highest BCUT2D eigenvalue weighted by Gasteiger charge is 2.30. The van der Waals surface area contributed by atoms with Gasteiger partial charge in [0, 0.05) is 19.1 Å². The fourth-order valence-corrected chi connectivity index (χ4v) is 2.83. The fourth-order valence-electron chi connectivity index (χ4n) is 2.83. The zero-order valence-electron chi connectivity index (χ0n) is 11.8. The topological polar surface area (TPSA) is 75.4 Å². The van der Waals surface area contributed by atoms with Gasteiger partial charge < -0.3 is 10.2 Å². The molecule has 1 aliphatic carbocycles. The molecule has 7 nitrogen and oxygen atoms in total. The second kappa shape index (κ2) is 4.98. The highest BCUT2D eigenvalue weighted by molar-refractivity contribution is 5.80. The highest BCUT2D eigenvalue weighted by Crippen LogP contribution is 2.24. The first-order valence-electron chi connectivity index (χ1n) is 7.52. The number of hydrogen-bond donors (Lipinski definition) is 1. The summed E-state index contributed by atoms with van der Waals surface area (Å²) in [6.45, 7) is 1.67. The Morgan fingerprint density at radius 3 is 3.05 bits per heavy atom. The van der Waals surface area contributed by atoms with E-state index in [2.05, 4.69) is 25.5 Å². The smallest absolute Gasteiger partial charge is 0.225 e. The van der Waals surface area contributed by atoms with Crippen molar-refractivity contribution in [2.24, 2.45) is 5.92 Å². The number of aromatic nitrogens is 4. The molecule has 0 radical (unpaired) electrons. The molecule has 2 aromatic heterocycles. The molecule has 1 saturated carbocycles. The van der Waals surface area contributed by atoms with Crippen LogP contribution in [0.5, 0.6) is 0 Å². The quantitative estimate of drug-likeness (QED) is 0.895. The summed E-state index contributed by atoms with van der Waals surface area (Å²) >= 11 is 0. The molecule has 0 unspecified atom stereocenters.